The van der Waals surface area contributed by atoms with Crippen molar-refractivity contribution in [1.29, 1.82) is 0 Å². The summed E-state index contributed by atoms with van der Waals surface area (Å²) in [7, 11) is 0. The minimum Gasteiger partial charge on any atom is -0.481 e. The van der Waals surface area contributed by atoms with Crippen LogP contribution >= 0.6 is 22.6 Å². The molecule has 2 N–H and O–H groups in total. The van der Waals surface area contributed by atoms with Crippen LogP contribution in [0.4, 0.5) is 0 Å². The second-order valence-electron chi connectivity index (χ2n) is 4.75. The number of hydrogen-bond donors (Lipinski definition) is 2. The number of unbranched alkanes of at least 4 members (excludes halogenated alkanes) is 3. The number of carboxylic acid groups (broad SMARTS) is 1. The zero-order chi connectivity index (χ0) is 15.0. The van der Waals surface area contributed by atoms with Gasteiger partial charge in [0.15, 0.2) is 0 Å². The van der Waals surface area contributed by atoms with E-state index >= 15 is 0 Å². The van der Waals surface area contributed by atoms with E-state index in [-0.39, 0.29) is 12.3 Å². The summed E-state index contributed by atoms with van der Waals surface area (Å²) in [5.41, 5.74) is 1.82. The highest BCUT2D eigenvalue weighted by Gasteiger charge is 2.10. The van der Waals surface area contributed by atoms with Crippen LogP contribution < -0.4 is 5.32 Å². The Morgan fingerprint density at radius 1 is 1.20 bits per heavy atom. The first-order valence-electron chi connectivity index (χ1n) is 6.77. The van der Waals surface area contributed by atoms with E-state index in [2.05, 4.69) is 27.9 Å². The van der Waals surface area contributed by atoms with Crippen LogP contribution in [-0.4, -0.2) is 23.5 Å². The maximum atomic E-state index is 12.0. The van der Waals surface area contributed by atoms with Crippen molar-refractivity contribution in [3.05, 3.63) is 32.9 Å². The van der Waals surface area contributed by atoms with Gasteiger partial charge in [0.1, 0.15) is 0 Å². The van der Waals surface area contributed by atoms with Gasteiger partial charge >= 0.3 is 5.97 Å². The number of amides is 1. The number of carboxylic acids is 1. The highest BCUT2D eigenvalue weighted by molar-refractivity contribution is 14.1. The molecule has 0 aliphatic heterocycles. The van der Waals surface area contributed by atoms with Crippen LogP contribution in [0.1, 0.15) is 48.0 Å². The van der Waals surface area contributed by atoms with Crippen LogP contribution in [0.2, 0.25) is 0 Å². The summed E-state index contributed by atoms with van der Waals surface area (Å²) in [6, 6.07) is 5.70. The molecule has 1 aromatic carbocycles. The second-order valence-corrected chi connectivity index (χ2v) is 5.83. The van der Waals surface area contributed by atoms with Crippen LogP contribution in [0, 0.1) is 10.5 Å². The third-order valence-corrected chi connectivity index (χ3v) is 4.47. The van der Waals surface area contributed by atoms with Crippen LogP contribution in [0.5, 0.6) is 0 Å². The first kappa shape index (κ1) is 16.9. The lowest BCUT2D eigenvalue weighted by molar-refractivity contribution is -0.137. The topological polar surface area (TPSA) is 66.4 Å². The standard InChI is InChI=1S/C15H20INO3/c1-11-7-6-8-12(14(11)16)15(20)17-10-5-3-2-4-9-13(18)19/h6-8H,2-5,9-10H2,1H3,(H,17,20)(H,18,19). The molecule has 20 heavy (non-hydrogen) atoms. The van der Waals surface area contributed by atoms with Gasteiger partial charge in [-0.05, 0) is 54.0 Å². The Labute approximate surface area is 133 Å². The van der Waals surface area contributed by atoms with Gasteiger partial charge in [-0.3, -0.25) is 9.59 Å². The Hall–Kier alpha value is -1.11. The predicted molar refractivity (Wildman–Crippen MR) is 87.0 cm³/mol. The SMILES string of the molecule is Cc1cccc(C(=O)NCCCCCCC(=O)O)c1I. The Bertz CT molecular complexity index is 474. The summed E-state index contributed by atoms with van der Waals surface area (Å²) in [4.78, 5) is 22.3. The number of carbonyl (C=O) groups excluding carboxylic acids is 1. The summed E-state index contributed by atoms with van der Waals surface area (Å²) in [5, 5.41) is 11.4. The van der Waals surface area contributed by atoms with E-state index in [0.29, 0.717) is 13.0 Å². The summed E-state index contributed by atoms with van der Waals surface area (Å²) in [5.74, 6) is -0.782. The highest BCUT2D eigenvalue weighted by Crippen LogP contribution is 2.16. The zero-order valence-electron chi connectivity index (χ0n) is 11.6. The van der Waals surface area contributed by atoms with Crippen molar-refractivity contribution in [3.8, 4) is 0 Å². The average molecular weight is 389 g/mol. The molecule has 1 rings (SSSR count). The van der Waals surface area contributed by atoms with E-state index in [1.54, 1.807) is 0 Å². The van der Waals surface area contributed by atoms with E-state index in [4.69, 9.17) is 5.11 Å². The Balaban J connectivity index is 2.24. The van der Waals surface area contributed by atoms with Gasteiger partial charge in [-0.25, -0.2) is 0 Å². The number of nitrogens with one attached hydrogen (secondary N) is 1. The largest absolute Gasteiger partial charge is 0.481 e. The Morgan fingerprint density at radius 3 is 2.60 bits per heavy atom. The summed E-state index contributed by atoms with van der Waals surface area (Å²) >= 11 is 2.19. The molecule has 1 aromatic rings. The fourth-order valence-electron chi connectivity index (χ4n) is 1.87. The molecule has 0 radical (unpaired) electrons. The maximum Gasteiger partial charge on any atom is 0.303 e. The van der Waals surface area contributed by atoms with Gasteiger partial charge in [0.2, 0.25) is 0 Å². The molecule has 0 aliphatic rings. The van der Waals surface area contributed by atoms with E-state index in [1.807, 2.05) is 25.1 Å². The molecule has 0 heterocycles. The molecular formula is C15H20INO3. The molecule has 0 atom stereocenters. The lowest BCUT2D eigenvalue weighted by Gasteiger charge is -2.08. The number of aliphatic carboxylic acids is 1. The molecule has 0 aliphatic carbocycles. The van der Waals surface area contributed by atoms with Crippen molar-refractivity contribution in [1.82, 2.24) is 5.32 Å². The Kier molecular flexibility index (Phi) is 7.58. The normalized spacial score (nSPS) is 10.3. The van der Waals surface area contributed by atoms with Crippen molar-refractivity contribution in [3.63, 3.8) is 0 Å². The van der Waals surface area contributed by atoms with Crippen LogP contribution in [-0.2, 0) is 4.79 Å². The fraction of sp³-hybridized carbons (Fsp3) is 0.467. The fourth-order valence-corrected chi connectivity index (χ4v) is 2.48. The van der Waals surface area contributed by atoms with Gasteiger partial charge in [0, 0.05) is 16.5 Å². The second kappa shape index (κ2) is 8.94. The average Bonchev–Trinajstić information content (AvgIpc) is 2.40. The van der Waals surface area contributed by atoms with Gasteiger partial charge in [-0.2, -0.15) is 0 Å². The molecular weight excluding hydrogens is 369 g/mol. The minimum absolute atomic E-state index is 0.0383. The molecule has 0 spiro atoms. The summed E-state index contributed by atoms with van der Waals surface area (Å²) in [6.45, 7) is 2.62. The zero-order valence-corrected chi connectivity index (χ0v) is 13.8. The van der Waals surface area contributed by atoms with Crippen molar-refractivity contribution < 1.29 is 14.7 Å². The number of rotatable bonds is 8. The smallest absolute Gasteiger partial charge is 0.303 e. The van der Waals surface area contributed by atoms with Gasteiger partial charge < -0.3 is 10.4 Å². The first-order chi connectivity index (χ1) is 9.52. The summed E-state index contributed by atoms with van der Waals surface area (Å²) in [6.07, 6.45) is 3.66. The highest BCUT2D eigenvalue weighted by atomic mass is 127. The van der Waals surface area contributed by atoms with Crippen molar-refractivity contribution in [2.45, 2.75) is 39.0 Å². The van der Waals surface area contributed by atoms with Crippen molar-refractivity contribution in [2.24, 2.45) is 0 Å². The summed E-state index contributed by atoms with van der Waals surface area (Å²) < 4.78 is 0.990. The monoisotopic (exact) mass is 389 g/mol. The van der Waals surface area contributed by atoms with Crippen molar-refractivity contribution in [2.75, 3.05) is 6.54 Å². The van der Waals surface area contributed by atoms with Gasteiger partial charge in [-0.15, -0.1) is 0 Å². The number of hydrogen-bond acceptors (Lipinski definition) is 2. The third-order valence-electron chi connectivity index (χ3n) is 3.04. The van der Waals surface area contributed by atoms with Crippen LogP contribution in [0.25, 0.3) is 0 Å². The number of carbonyl (C=O) groups is 2. The maximum absolute atomic E-state index is 12.0. The lowest BCUT2D eigenvalue weighted by Crippen LogP contribution is -2.25. The number of benzene rings is 1. The first-order valence-corrected chi connectivity index (χ1v) is 7.85. The van der Waals surface area contributed by atoms with E-state index in [9.17, 15) is 9.59 Å². The van der Waals surface area contributed by atoms with Gasteiger partial charge in [-0.1, -0.05) is 25.0 Å². The van der Waals surface area contributed by atoms with E-state index in [1.165, 1.54) is 0 Å². The predicted octanol–water partition coefficient (Wildman–Crippen LogP) is 3.36. The lowest BCUT2D eigenvalue weighted by atomic mass is 10.1. The molecule has 110 valence electrons. The molecule has 0 saturated heterocycles. The molecule has 0 bridgehead atoms. The van der Waals surface area contributed by atoms with Gasteiger partial charge in [0.05, 0.1) is 5.56 Å². The Morgan fingerprint density at radius 2 is 1.90 bits per heavy atom. The van der Waals surface area contributed by atoms with Gasteiger partial charge in [0.25, 0.3) is 5.91 Å². The van der Waals surface area contributed by atoms with E-state index in [0.717, 1.165) is 34.0 Å². The molecule has 0 aromatic heterocycles. The molecule has 0 saturated carbocycles. The van der Waals surface area contributed by atoms with Crippen molar-refractivity contribution >= 4 is 34.5 Å². The van der Waals surface area contributed by atoms with E-state index < -0.39 is 5.97 Å². The quantitative estimate of drug-likeness (QED) is 0.529. The third kappa shape index (κ3) is 5.90. The molecule has 1 amide bonds. The van der Waals surface area contributed by atoms with Crippen LogP contribution in [0.15, 0.2) is 18.2 Å². The minimum atomic E-state index is -0.743. The number of halogens is 1. The molecule has 5 heteroatoms. The molecule has 4 nitrogen and oxygen atoms in total. The number of aryl methyl sites for hydroxylation is 1. The molecule has 0 unspecified atom stereocenters. The molecule has 0 fully saturated rings. The van der Waals surface area contributed by atoms with Crippen LogP contribution in [0.3, 0.4) is 0 Å².